The summed E-state index contributed by atoms with van der Waals surface area (Å²) in [5, 5.41) is 12.6. The highest BCUT2D eigenvalue weighted by atomic mass is 32.2. The van der Waals surface area contributed by atoms with E-state index in [-0.39, 0.29) is 16.8 Å². The van der Waals surface area contributed by atoms with E-state index in [4.69, 9.17) is 5.21 Å². The molecule has 0 radical (unpaired) electrons. The third kappa shape index (κ3) is 3.11. The van der Waals surface area contributed by atoms with Crippen molar-refractivity contribution in [3.8, 4) is 0 Å². The van der Waals surface area contributed by atoms with E-state index in [9.17, 15) is 4.79 Å². The van der Waals surface area contributed by atoms with Crippen LogP contribution >= 0.6 is 10.9 Å². The van der Waals surface area contributed by atoms with Crippen molar-refractivity contribution in [1.29, 1.82) is 0 Å². The molecule has 0 aromatic rings. The Balaban J connectivity index is 2.06. The Kier molecular flexibility index (Phi) is 3.90. The van der Waals surface area contributed by atoms with Gasteiger partial charge in [-0.15, -0.1) is 0 Å². The summed E-state index contributed by atoms with van der Waals surface area (Å²) in [4.78, 5) is 10.6. The van der Waals surface area contributed by atoms with Crippen LogP contribution in [0.5, 0.6) is 0 Å². The van der Waals surface area contributed by atoms with Gasteiger partial charge in [-0.1, -0.05) is 12.2 Å². The average Bonchev–Trinajstić information content (AvgIpc) is 2.57. The summed E-state index contributed by atoms with van der Waals surface area (Å²) < 4.78 is 0. The van der Waals surface area contributed by atoms with Crippen molar-refractivity contribution in [3.05, 3.63) is 23.0 Å². The Morgan fingerprint density at radius 1 is 1.42 bits per heavy atom. The molecule has 68 valence electrons. The summed E-state index contributed by atoms with van der Waals surface area (Å²) in [6.07, 6.45) is 5.33. The van der Waals surface area contributed by atoms with Gasteiger partial charge in [0.2, 0.25) is 5.91 Å². The summed E-state index contributed by atoms with van der Waals surface area (Å²) in [7, 11) is -0.104. The lowest BCUT2D eigenvalue weighted by Gasteiger charge is -2.07. The molecule has 0 spiro atoms. The third-order valence-electron chi connectivity index (χ3n) is 1.61. The van der Waals surface area contributed by atoms with Gasteiger partial charge in [0.25, 0.3) is 0 Å². The molecular weight excluding hydrogens is 174 g/mol. The molecule has 4 heteroatoms. The number of thiol groups is 1. The molecule has 0 saturated carbocycles. The van der Waals surface area contributed by atoms with Crippen molar-refractivity contribution < 1.29 is 10.0 Å². The van der Waals surface area contributed by atoms with Gasteiger partial charge in [-0.2, -0.15) is 0 Å². The lowest BCUT2D eigenvalue weighted by molar-refractivity contribution is -0.129. The Bertz CT molecular complexity index is 201. The molecule has 0 unspecified atom stereocenters. The average molecular weight is 187 g/mol. The van der Waals surface area contributed by atoms with Crippen LogP contribution in [0.4, 0.5) is 0 Å². The smallest absolute Gasteiger partial charge is 0.243 e. The van der Waals surface area contributed by atoms with Gasteiger partial charge in [0.05, 0.1) is 0 Å². The Morgan fingerprint density at radius 3 is 2.67 bits per heavy atom. The molecule has 12 heavy (non-hydrogen) atoms. The molecule has 2 N–H and O–H groups in total. The maximum absolute atomic E-state index is 10.6. The number of carbonyl (C=O) groups excluding carboxylic acids is 1. The molecule has 0 aromatic heterocycles. The van der Waals surface area contributed by atoms with Crippen molar-refractivity contribution in [3.63, 3.8) is 0 Å². The minimum absolute atomic E-state index is 0.104. The number of hydroxylamine groups is 1. The highest BCUT2D eigenvalue weighted by Crippen LogP contribution is 2.33. The van der Waals surface area contributed by atoms with Crippen LogP contribution < -0.4 is 5.48 Å². The van der Waals surface area contributed by atoms with Gasteiger partial charge >= 0.3 is 0 Å². The second-order valence-corrected chi connectivity index (χ2v) is 4.63. The number of carbonyl (C=O) groups is 1. The topological polar surface area (TPSA) is 49.3 Å². The molecule has 3 nitrogen and oxygen atoms in total. The Labute approximate surface area is 74.5 Å². The molecule has 1 aliphatic rings. The van der Waals surface area contributed by atoms with E-state index < -0.39 is 0 Å². The first-order valence-corrected chi connectivity index (χ1v) is 5.53. The fourth-order valence-electron chi connectivity index (χ4n) is 0.997. The largest absolute Gasteiger partial charge is 0.289 e. The second-order valence-electron chi connectivity index (χ2n) is 2.56. The van der Waals surface area contributed by atoms with Crippen LogP contribution in [0.15, 0.2) is 23.0 Å². The molecule has 0 fully saturated rings. The fourth-order valence-corrected chi connectivity index (χ4v) is 2.56. The molecule has 0 aliphatic carbocycles. The van der Waals surface area contributed by atoms with Gasteiger partial charge in [-0.05, 0) is 23.0 Å². The van der Waals surface area contributed by atoms with E-state index in [0.717, 1.165) is 12.2 Å². The summed E-state index contributed by atoms with van der Waals surface area (Å²) >= 11 is 0. The lowest BCUT2D eigenvalue weighted by Crippen LogP contribution is -2.18. The van der Waals surface area contributed by atoms with E-state index >= 15 is 0 Å². The van der Waals surface area contributed by atoms with Crippen molar-refractivity contribution in [2.24, 2.45) is 0 Å². The van der Waals surface area contributed by atoms with Gasteiger partial charge in [-0.25, -0.2) is 16.4 Å². The summed E-state index contributed by atoms with van der Waals surface area (Å²) in [6.45, 7) is 0. The predicted octanol–water partition coefficient (Wildman–Crippen LogP) is 1.31. The maximum atomic E-state index is 10.6. The van der Waals surface area contributed by atoms with Gasteiger partial charge in [-0.3, -0.25) is 10.0 Å². The van der Waals surface area contributed by atoms with Gasteiger partial charge < -0.3 is 0 Å². The molecule has 0 atom stereocenters. The normalized spacial score (nSPS) is 16.9. The highest BCUT2D eigenvalue weighted by molar-refractivity contribution is 8.22. The standard InChI is InChI=1S/C8H13NO2S/c10-8(9-11)4-3-7-12-5-1-2-6-12/h1-2,5-6,11-12H,3-4,7H2,(H,9,10). The van der Waals surface area contributed by atoms with Gasteiger partial charge in [0, 0.05) is 6.42 Å². The summed E-state index contributed by atoms with van der Waals surface area (Å²) in [5.74, 6) is 0.743. The molecule has 0 saturated heterocycles. The molecular formula is C8H13NO2S. The zero-order valence-electron chi connectivity index (χ0n) is 6.73. The van der Waals surface area contributed by atoms with Crippen molar-refractivity contribution in [2.45, 2.75) is 12.8 Å². The van der Waals surface area contributed by atoms with Gasteiger partial charge in [0.1, 0.15) is 0 Å². The van der Waals surface area contributed by atoms with Crippen LogP contribution in [0.25, 0.3) is 0 Å². The van der Waals surface area contributed by atoms with Crippen LogP contribution in [0.2, 0.25) is 0 Å². The SMILES string of the molecule is O=C(CCC[SH]1C=CC=C1)NO. The van der Waals surface area contributed by atoms with E-state index in [1.165, 1.54) is 0 Å². The number of rotatable bonds is 4. The molecule has 1 rings (SSSR count). The third-order valence-corrected chi connectivity index (χ3v) is 3.55. The monoisotopic (exact) mass is 187 g/mol. The first-order valence-electron chi connectivity index (χ1n) is 3.86. The zero-order valence-corrected chi connectivity index (χ0v) is 7.63. The van der Waals surface area contributed by atoms with E-state index in [1.807, 2.05) is 12.2 Å². The maximum Gasteiger partial charge on any atom is 0.243 e. The number of nitrogens with one attached hydrogen (secondary N) is 1. The van der Waals surface area contributed by atoms with E-state index in [1.54, 1.807) is 5.48 Å². The van der Waals surface area contributed by atoms with Crippen LogP contribution in [0.3, 0.4) is 0 Å². The van der Waals surface area contributed by atoms with Crippen LogP contribution in [0, 0.1) is 0 Å². The van der Waals surface area contributed by atoms with Crippen molar-refractivity contribution >= 4 is 16.8 Å². The Morgan fingerprint density at radius 2 is 2.08 bits per heavy atom. The van der Waals surface area contributed by atoms with Crippen LogP contribution in [-0.2, 0) is 4.79 Å². The number of amides is 1. The van der Waals surface area contributed by atoms with Crippen LogP contribution in [0.1, 0.15) is 12.8 Å². The van der Waals surface area contributed by atoms with Gasteiger partial charge in [0.15, 0.2) is 0 Å². The zero-order chi connectivity index (χ0) is 8.81. The fraction of sp³-hybridized carbons (Fsp3) is 0.375. The lowest BCUT2D eigenvalue weighted by atomic mass is 10.3. The number of hydrogen-bond donors (Lipinski definition) is 3. The minimum Gasteiger partial charge on any atom is -0.289 e. The van der Waals surface area contributed by atoms with Crippen LogP contribution in [-0.4, -0.2) is 16.9 Å². The van der Waals surface area contributed by atoms with Crippen molar-refractivity contribution in [1.82, 2.24) is 5.48 Å². The Hall–Kier alpha value is -0.740. The molecule has 1 amide bonds. The molecule has 1 heterocycles. The summed E-state index contributed by atoms with van der Waals surface area (Å²) in [5.41, 5.74) is 1.62. The number of allylic oxidation sites excluding steroid dienone is 2. The predicted molar refractivity (Wildman–Crippen MR) is 51.3 cm³/mol. The second kappa shape index (κ2) is 5.00. The minimum atomic E-state index is -0.294. The number of hydrogen-bond acceptors (Lipinski definition) is 2. The molecule has 1 aliphatic heterocycles. The molecule has 0 aromatic carbocycles. The van der Waals surface area contributed by atoms with E-state index in [2.05, 4.69) is 10.8 Å². The first-order chi connectivity index (χ1) is 5.83. The summed E-state index contributed by atoms with van der Waals surface area (Å²) in [6, 6.07) is 0. The quantitative estimate of drug-likeness (QED) is 0.353. The molecule has 0 bridgehead atoms. The van der Waals surface area contributed by atoms with Crippen molar-refractivity contribution in [2.75, 3.05) is 5.75 Å². The van der Waals surface area contributed by atoms with E-state index in [0.29, 0.717) is 6.42 Å². The highest BCUT2D eigenvalue weighted by Gasteiger charge is 2.02. The first kappa shape index (κ1) is 9.35.